The van der Waals surface area contributed by atoms with E-state index in [-0.39, 0.29) is 36.2 Å². The number of hydrogen-bond donors (Lipinski definition) is 1. The van der Waals surface area contributed by atoms with Crippen molar-refractivity contribution in [2.45, 2.75) is 51.3 Å². The molecule has 9 nitrogen and oxygen atoms in total. The summed E-state index contributed by atoms with van der Waals surface area (Å²) in [7, 11) is 4.78. The lowest BCUT2D eigenvalue weighted by molar-refractivity contribution is -0.146. The highest BCUT2D eigenvalue weighted by Gasteiger charge is 2.35. The van der Waals surface area contributed by atoms with Gasteiger partial charge in [0.25, 0.3) is 0 Å². The molecule has 0 spiro atoms. The molecule has 9 heteroatoms. The van der Waals surface area contributed by atoms with E-state index in [0.29, 0.717) is 19.5 Å². The first-order chi connectivity index (χ1) is 21.4. The second-order valence-electron chi connectivity index (χ2n) is 12.6. The third-order valence-corrected chi connectivity index (χ3v) is 8.05. The Bertz CT molecular complexity index is 1540. The van der Waals surface area contributed by atoms with Crippen molar-refractivity contribution >= 4 is 34.6 Å². The molecule has 3 aromatic carbocycles. The number of nitrogens with zero attached hydrogens (tertiary/aromatic N) is 3. The van der Waals surface area contributed by atoms with E-state index in [9.17, 15) is 19.2 Å². The van der Waals surface area contributed by atoms with Gasteiger partial charge in [0, 0.05) is 53.0 Å². The summed E-state index contributed by atoms with van der Waals surface area (Å²) in [6.07, 6.45) is 3.48. The van der Waals surface area contributed by atoms with Crippen LogP contribution < -0.4 is 5.32 Å². The molecule has 4 rings (SSSR count). The first kappa shape index (κ1) is 33.2. The molecule has 4 amide bonds. The molecule has 0 aromatic heterocycles. The van der Waals surface area contributed by atoms with Gasteiger partial charge in [-0.3, -0.25) is 14.4 Å². The average molecular weight is 613 g/mol. The molecule has 0 aliphatic carbocycles. The quantitative estimate of drug-likeness (QED) is 0.341. The highest BCUT2D eigenvalue weighted by atomic mass is 16.6. The van der Waals surface area contributed by atoms with E-state index in [2.05, 4.69) is 5.32 Å². The van der Waals surface area contributed by atoms with E-state index >= 15 is 0 Å². The van der Waals surface area contributed by atoms with Crippen LogP contribution in [0, 0.1) is 5.92 Å². The highest BCUT2D eigenvalue weighted by molar-refractivity contribution is 5.95. The van der Waals surface area contributed by atoms with Gasteiger partial charge in [-0.25, -0.2) is 4.79 Å². The van der Waals surface area contributed by atoms with E-state index in [0.717, 1.165) is 21.9 Å². The smallest absolute Gasteiger partial charge is 0.410 e. The van der Waals surface area contributed by atoms with Gasteiger partial charge < -0.3 is 24.8 Å². The molecule has 3 aromatic rings. The maximum Gasteiger partial charge on any atom is 0.410 e. The van der Waals surface area contributed by atoms with Crippen LogP contribution in [0.4, 0.5) is 4.79 Å². The van der Waals surface area contributed by atoms with Gasteiger partial charge >= 0.3 is 6.09 Å². The molecule has 1 heterocycles. The highest BCUT2D eigenvalue weighted by Crippen LogP contribution is 2.22. The lowest BCUT2D eigenvalue weighted by Gasteiger charge is -2.38. The van der Waals surface area contributed by atoms with Gasteiger partial charge in [-0.2, -0.15) is 0 Å². The van der Waals surface area contributed by atoms with Crippen molar-refractivity contribution in [1.29, 1.82) is 0 Å². The Kier molecular flexibility index (Phi) is 10.6. The molecule has 0 bridgehead atoms. The fraction of sp³-hybridized carbons (Fsp3) is 0.389. The lowest BCUT2D eigenvalue weighted by atomic mass is 9.98. The molecule has 0 unspecified atom stereocenters. The largest absolute Gasteiger partial charge is 0.444 e. The zero-order valence-corrected chi connectivity index (χ0v) is 27.0. The summed E-state index contributed by atoms with van der Waals surface area (Å²) in [4.78, 5) is 57.5. The van der Waals surface area contributed by atoms with Gasteiger partial charge in [-0.05, 0) is 48.7 Å². The fourth-order valence-electron chi connectivity index (χ4n) is 5.38. The Labute approximate surface area is 265 Å². The Morgan fingerprint density at radius 3 is 2.13 bits per heavy atom. The summed E-state index contributed by atoms with van der Waals surface area (Å²) in [6, 6.07) is 21.9. The SMILES string of the molecule is CNC(=O)[C@@H](Cc1ccccc1)N(C)C(=O)[C@@H](Cc1ccc2ccccc2c1)N(C)C(=O)C=CC1CN(C(=O)OC(C)(C)C)C1. The number of ether oxygens (including phenoxy) is 1. The van der Waals surface area contributed by atoms with Crippen molar-refractivity contribution in [2.75, 3.05) is 34.2 Å². The Balaban J connectivity index is 1.54. The van der Waals surface area contributed by atoms with Gasteiger partial charge in [0.2, 0.25) is 17.7 Å². The predicted molar refractivity (Wildman–Crippen MR) is 175 cm³/mol. The Morgan fingerprint density at radius 1 is 0.867 bits per heavy atom. The molecule has 1 saturated heterocycles. The number of rotatable bonds is 10. The Hall–Kier alpha value is -4.66. The summed E-state index contributed by atoms with van der Waals surface area (Å²) < 4.78 is 5.42. The standard InChI is InChI=1S/C36H44N4O5/c1-36(2,3)45-35(44)40-23-27(24-40)17-19-32(41)38(5)31(22-26-16-18-28-14-10-11-15-29(28)20-26)34(43)39(6)30(33(42)37-4)21-25-12-8-7-9-13-25/h7-20,27,30-31H,21-24H2,1-6H3,(H,37,42)/t30-,31-/m1/s1. The number of fused-ring (bicyclic) bond motifs is 1. The van der Waals surface area contributed by atoms with Gasteiger partial charge in [0.15, 0.2) is 0 Å². The zero-order chi connectivity index (χ0) is 32.7. The normalized spacial score (nSPS) is 14.8. The van der Waals surface area contributed by atoms with Gasteiger partial charge in [-0.15, -0.1) is 0 Å². The molecule has 1 fully saturated rings. The molecule has 1 N–H and O–H groups in total. The second-order valence-corrected chi connectivity index (χ2v) is 12.6. The monoisotopic (exact) mass is 612 g/mol. The van der Waals surface area contributed by atoms with E-state index in [1.807, 2.05) is 93.6 Å². The predicted octanol–water partition coefficient (Wildman–Crippen LogP) is 4.45. The summed E-state index contributed by atoms with van der Waals surface area (Å²) in [5, 5.41) is 4.81. The number of carbonyl (C=O) groups is 4. The van der Waals surface area contributed by atoms with Crippen molar-refractivity contribution in [1.82, 2.24) is 20.0 Å². The van der Waals surface area contributed by atoms with Crippen LogP contribution in [0.3, 0.4) is 0 Å². The summed E-state index contributed by atoms with van der Waals surface area (Å²) >= 11 is 0. The van der Waals surface area contributed by atoms with Crippen LogP contribution in [0.2, 0.25) is 0 Å². The number of likely N-dealkylation sites (tertiary alicyclic amines) is 1. The first-order valence-electron chi connectivity index (χ1n) is 15.3. The minimum atomic E-state index is -0.865. The molecule has 2 atom stereocenters. The van der Waals surface area contributed by atoms with E-state index in [1.54, 1.807) is 32.1 Å². The molecule has 1 aliphatic heterocycles. The fourth-order valence-corrected chi connectivity index (χ4v) is 5.38. The van der Waals surface area contributed by atoms with Crippen molar-refractivity contribution in [2.24, 2.45) is 5.92 Å². The van der Waals surface area contributed by atoms with Crippen LogP contribution in [-0.2, 0) is 32.0 Å². The third kappa shape index (κ3) is 8.71. The van der Waals surface area contributed by atoms with Crippen molar-refractivity contribution in [3.8, 4) is 0 Å². The number of hydrogen-bond acceptors (Lipinski definition) is 5. The Morgan fingerprint density at radius 2 is 1.49 bits per heavy atom. The van der Waals surface area contributed by atoms with Crippen molar-refractivity contribution < 1.29 is 23.9 Å². The molecular weight excluding hydrogens is 568 g/mol. The molecule has 0 saturated carbocycles. The van der Waals surface area contributed by atoms with E-state index in [1.165, 1.54) is 15.9 Å². The molecule has 1 aliphatic rings. The zero-order valence-electron chi connectivity index (χ0n) is 27.0. The van der Waals surface area contributed by atoms with E-state index < -0.39 is 17.7 Å². The molecule has 238 valence electrons. The maximum absolute atomic E-state index is 14.2. The summed E-state index contributed by atoms with van der Waals surface area (Å²) in [5.41, 5.74) is 1.25. The first-order valence-corrected chi connectivity index (χ1v) is 15.3. The van der Waals surface area contributed by atoms with Gasteiger partial charge in [0.1, 0.15) is 17.7 Å². The lowest BCUT2D eigenvalue weighted by Crippen LogP contribution is -2.55. The van der Waals surface area contributed by atoms with Crippen LogP contribution >= 0.6 is 0 Å². The molecule has 0 radical (unpaired) electrons. The van der Waals surface area contributed by atoms with Crippen LogP contribution in [-0.4, -0.2) is 90.4 Å². The van der Waals surface area contributed by atoms with Crippen LogP contribution in [0.25, 0.3) is 10.8 Å². The van der Waals surface area contributed by atoms with Gasteiger partial charge in [-0.1, -0.05) is 78.9 Å². The van der Waals surface area contributed by atoms with Crippen LogP contribution in [0.15, 0.2) is 84.9 Å². The second kappa shape index (κ2) is 14.4. The van der Waals surface area contributed by atoms with E-state index in [4.69, 9.17) is 4.74 Å². The van der Waals surface area contributed by atoms with Crippen molar-refractivity contribution in [3.05, 3.63) is 96.1 Å². The number of nitrogens with one attached hydrogen (secondary N) is 1. The summed E-state index contributed by atoms with van der Waals surface area (Å²) in [5.74, 6) is -0.947. The summed E-state index contributed by atoms with van der Waals surface area (Å²) in [6.45, 7) is 6.38. The van der Waals surface area contributed by atoms with Crippen molar-refractivity contribution in [3.63, 3.8) is 0 Å². The number of carbonyl (C=O) groups excluding carboxylic acids is 4. The maximum atomic E-state index is 14.2. The molecule has 45 heavy (non-hydrogen) atoms. The van der Waals surface area contributed by atoms with Gasteiger partial charge in [0.05, 0.1) is 0 Å². The third-order valence-electron chi connectivity index (χ3n) is 8.05. The average Bonchev–Trinajstić information content (AvgIpc) is 2.99. The number of amides is 4. The minimum Gasteiger partial charge on any atom is -0.444 e. The topological polar surface area (TPSA) is 99.3 Å². The van der Waals surface area contributed by atoms with Crippen LogP contribution in [0.1, 0.15) is 31.9 Å². The molecular formula is C36H44N4O5. The minimum absolute atomic E-state index is 0.00989. The number of likely N-dealkylation sites (N-methyl/N-ethyl adjacent to an activating group) is 3. The van der Waals surface area contributed by atoms with Crippen LogP contribution in [0.5, 0.6) is 0 Å². The number of benzene rings is 3.